The Kier molecular flexibility index (Phi) is 6.52. The van der Waals surface area contributed by atoms with Crippen LogP contribution < -0.4 is 5.32 Å². The van der Waals surface area contributed by atoms with Crippen LogP contribution in [0, 0.1) is 5.41 Å². The third-order valence-electron chi connectivity index (χ3n) is 2.29. The molecule has 0 fully saturated rings. The summed E-state index contributed by atoms with van der Waals surface area (Å²) in [6, 6.07) is -0.498. The molecule has 0 aliphatic rings. The van der Waals surface area contributed by atoms with Gasteiger partial charge in [0.1, 0.15) is 0 Å². The van der Waals surface area contributed by atoms with Crippen molar-refractivity contribution in [1.82, 2.24) is 10.2 Å². The molecule has 0 aromatic carbocycles. The van der Waals surface area contributed by atoms with E-state index >= 15 is 0 Å². The number of aliphatic hydroxyl groups is 2. The minimum atomic E-state index is -1.06. The van der Waals surface area contributed by atoms with Crippen molar-refractivity contribution in [2.24, 2.45) is 5.41 Å². The number of amides is 2. The lowest BCUT2D eigenvalue weighted by molar-refractivity contribution is -0.146. The largest absolute Gasteiger partial charge is 0.481 e. The van der Waals surface area contributed by atoms with Gasteiger partial charge in [-0.15, -0.1) is 0 Å². The van der Waals surface area contributed by atoms with E-state index in [2.05, 4.69) is 5.32 Å². The van der Waals surface area contributed by atoms with Gasteiger partial charge in [0.15, 0.2) is 0 Å². The summed E-state index contributed by atoms with van der Waals surface area (Å²) in [6.45, 7) is 2.75. The molecule has 0 spiro atoms. The van der Waals surface area contributed by atoms with Crippen LogP contribution in [0.2, 0.25) is 0 Å². The summed E-state index contributed by atoms with van der Waals surface area (Å²) in [4.78, 5) is 23.6. The van der Waals surface area contributed by atoms with Gasteiger partial charge in [-0.1, -0.05) is 0 Å². The predicted molar refractivity (Wildman–Crippen MR) is 60.6 cm³/mol. The molecule has 0 radical (unpaired) electrons. The van der Waals surface area contributed by atoms with E-state index < -0.39 is 17.4 Å². The Balaban J connectivity index is 4.27. The minimum absolute atomic E-state index is 0.0193. The lowest BCUT2D eigenvalue weighted by Crippen LogP contribution is -2.47. The highest BCUT2D eigenvalue weighted by Gasteiger charge is 2.28. The van der Waals surface area contributed by atoms with Crippen LogP contribution in [0.5, 0.6) is 0 Å². The smallest absolute Gasteiger partial charge is 0.317 e. The van der Waals surface area contributed by atoms with Gasteiger partial charge in [0.05, 0.1) is 18.6 Å². The number of nitrogens with one attached hydrogen (secondary N) is 1. The molecule has 4 N–H and O–H groups in total. The second-order valence-corrected chi connectivity index (χ2v) is 4.28. The fourth-order valence-electron chi connectivity index (χ4n) is 1.04. The van der Waals surface area contributed by atoms with E-state index in [0.29, 0.717) is 0 Å². The summed E-state index contributed by atoms with van der Waals surface area (Å²) >= 11 is 0. The van der Waals surface area contributed by atoms with Crippen molar-refractivity contribution in [2.75, 3.05) is 32.8 Å². The van der Waals surface area contributed by atoms with Gasteiger partial charge in [0, 0.05) is 19.6 Å². The molecule has 0 aromatic heterocycles. The van der Waals surface area contributed by atoms with E-state index in [9.17, 15) is 9.59 Å². The van der Waals surface area contributed by atoms with Gasteiger partial charge in [-0.2, -0.15) is 0 Å². The monoisotopic (exact) mass is 248 g/mol. The Hall–Kier alpha value is -1.34. The molecule has 7 heteroatoms. The first-order chi connectivity index (χ1) is 7.85. The quantitative estimate of drug-likeness (QED) is 0.466. The maximum absolute atomic E-state index is 11.6. The van der Waals surface area contributed by atoms with E-state index in [0.717, 1.165) is 0 Å². The fraction of sp³-hybridized carbons (Fsp3) is 0.800. The second-order valence-electron chi connectivity index (χ2n) is 4.28. The lowest BCUT2D eigenvalue weighted by Gasteiger charge is -2.24. The summed E-state index contributed by atoms with van der Waals surface area (Å²) in [5.74, 6) is -1.01. The number of urea groups is 1. The Bertz CT molecular complexity index is 261. The summed E-state index contributed by atoms with van der Waals surface area (Å²) in [5, 5.41) is 28.8. The summed E-state index contributed by atoms with van der Waals surface area (Å²) in [5.41, 5.74) is -1.06. The van der Waals surface area contributed by atoms with E-state index in [1.807, 2.05) is 0 Å². The van der Waals surface area contributed by atoms with Crippen LogP contribution in [0.4, 0.5) is 4.79 Å². The number of nitrogens with zero attached hydrogens (tertiary/aromatic N) is 1. The summed E-state index contributed by atoms with van der Waals surface area (Å²) < 4.78 is 0. The molecular weight excluding hydrogens is 228 g/mol. The zero-order valence-corrected chi connectivity index (χ0v) is 10.1. The summed E-state index contributed by atoms with van der Waals surface area (Å²) in [6.07, 6.45) is 0. The lowest BCUT2D eigenvalue weighted by atomic mass is 9.94. The SMILES string of the molecule is CC(C)(CNC(=O)N(CCO)CCO)C(=O)O. The number of aliphatic hydroxyl groups excluding tert-OH is 2. The number of aliphatic carboxylic acids is 1. The first kappa shape index (κ1) is 15.7. The zero-order valence-electron chi connectivity index (χ0n) is 10.1. The number of rotatable bonds is 7. The zero-order chi connectivity index (χ0) is 13.5. The van der Waals surface area contributed by atoms with Crippen LogP contribution in [0.15, 0.2) is 0 Å². The van der Waals surface area contributed by atoms with E-state index in [1.165, 1.54) is 18.7 Å². The summed E-state index contributed by atoms with van der Waals surface area (Å²) in [7, 11) is 0. The number of carboxylic acid groups (broad SMARTS) is 1. The first-order valence-corrected chi connectivity index (χ1v) is 5.33. The second kappa shape index (κ2) is 7.08. The third kappa shape index (κ3) is 5.50. The van der Waals surface area contributed by atoms with Crippen LogP contribution in [-0.2, 0) is 4.79 Å². The van der Waals surface area contributed by atoms with Crippen LogP contribution in [0.25, 0.3) is 0 Å². The van der Waals surface area contributed by atoms with Crippen molar-refractivity contribution in [3.63, 3.8) is 0 Å². The van der Waals surface area contributed by atoms with E-state index in [4.69, 9.17) is 15.3 Å². The minimum Gasteiger partial charge on any atom is -0.481 e. The highest BCUT2D eigenvalue weighted by molar-refractivity contribution is 5.77. The molecule has 100 valence electrons. The highest BCUT2D eigenvalue weighted by atomic mass is 16.4. The van der Waals surface area contributed by atoms with Crippen molar-refractivity contribution in [1.29, 1.82) is 0 Å². The van der Waals surface area contributed by atoms with Crippen molar-refractivity contribution >= 4 is 12.0 Å². The molecule has 0 heterocycles. The predicted octanol–water partition coefficient (Wildman–Crippen LogP) is -0.907. The number of carbonyl (C=O) groups excluding carboxylic acids is 1. The molecule has 0 unspecified atom stereocenters. The normalized spacial score (nSPS) is 11.1. The molecule has 0 aliphatic heterocycles. The van der Waals surface area contributed by atoms with Crippen molar-refractivity contribution in [3.8, 4) is 0 Å². The molecule has 0 aromatic rings. The molecule has 0 saturated heterocycles. The van der Waals surface area contributed by atoms with Gasteiger partial charge in [0.25, 0.3) is 0 Å². The standard InChI is InChI=1S/C10H20N2O5/c1-10(2,8(15)16)7-11-9(17)12(3-5-13)4-6-14/h13-14H,3-7H2,1-2H3,(H,11,17)(H,15,16). The van der Waals surface area contributed by atoms with Gasteiger partial charge in [-0.05, 0) is 13.8 Å². The van der Waals surface area contributed by atoms with Gasteiger partial charge in [0.2, 0.25) is 0 Å². The van der Waals surface area contributed by atoms with Crippen molar-refractivity contribution < 1.29 is 24.9 Å². The molecule has 0 atom stereocenters. The van der Waals surface area contributed by atoms with Crippen LogP contribution >= 0.6 is 0 Å². The molecule has 0 bridgehead atoms. The number of carboxylic acids is 1. The molecule has 17 heavy (non-hydrogen) atoms. The van der Waals surface area contributed by atoms with Gasteiger partial charge < -0.3 is 25.5 Å². The molecule has 7 nitrogen and oxygen atoms in total. The average molecular weight is 248 g/mol. The molecule has 2 amide bonds. The van der Waals surface area contributed by atoms with Crippen LogP contribution in [-0.4, -0.2) is 65.1 Å². The topological polar surface area (TPSA) is 110 Å². The fourth-order valence-corrected chi connectivity index (χ4v) is 1.04. The Morgan fingerprint density at radius 2 is 1.65 bits per heavy atom. The number of hydrogen-bond donors (Lipinski definition) is 4. The van der Waals surface area contributed by atoms with Crippen molar-refractivity contribution in [2.45, 2.75) is 13.8 Å². The number of carbonyl (C=O) groups is 2. The third-order valence-corrected chi connectivity index (χ3v) is 2.29. The molecule has 0 rings (SSSR count). The average Bonchev–Trinajstić information content (AvgIpc) is 2.25. The van der Waals surface area contributed by atoms with Crippen LogP contribution in [0.3, 0.4) is 0 Å². The molecular formula is C10H20N2O5. The van der Waals surface area contributed by atoms with E-state index in [-0.39, 0.29) is 32.8 Å². The van der Waals surface area contributed by atoms with Gasteiger partial charge >= 0.3 is 12.0 Å². The Labute approximate surface area is 100 Å². The first-order valence-electron chi connectivity index (χ1n) is 5.33. The van der Waals surface area contributed by atoms with Gasteiger partial charge in [-0.25, -0.2) is 4.79 Å². The highest BCUT2D eigenvalue weighted by Crippen LogP contribution is 2.13. The Morgan fingerprint density at radius 3 is 2.00 bits per heavy atom. The maximum Gasteiger partial charge on any atom is 0.317 e. The molecule has 0 aliphatic carbocycles. The van der Waals surface area contributed by atoms with Crippen LogP contribution in [0.1, 0.15) is 13.8 Å². The Morgan fingerprint density at radius 1 is 1.18 bits per heavy atom. The van der Waals surface area contributed by atoms with Gasteiger partial charge in [-0.3, -0.25) is 4.79 Å². The van der Waals surface area contributed by atoms with E-state index in [1.54, 1.807) is 0 Å². The maximum atomic E-state index is 11.6. The number of hydrogen-bond acceptors (Lipinski definition) is 4. The van der Waals surface area contributed by atoms with Crippen molar-refractivity contribution in [3.05, 3.63) is 0 Å². The molecule has 0 saturated carbocycles.